The molecule has 2 aromatic rings. The lowest BCUT2D eigenvalue weighted by atomic mass is 9.65. The summed E-state index contributed by atoms with van der Waals surface area (Å²) in [5, 5.41) is 15.5. The second kappa shape index (κ2) is 7.55. The summed E-state index contributed by atoms with van der Waals surface area (Å²) in [6, 6.07) is 21.2. The minimum Gasteiger partial charge on any atom is -0.389 e. The summed E-state index contributed by atoms with van der Waals surface area (Å²) in [5.41, 5.74) is 1.71. The van der Waals surface area contributed by atoms with Crippen LogP contribution >= 0.6 is 0 Å². The van der Waals surface area contributed by atoms with E-state index < -0.39 is 5.60 Å². The number of benzene rings is 2. The maximum atomic E-state index is 11.7. The van der Waals surface area contributed by atoms with Gasteiger partial charge in [0.2, 0.25) is 0 Å². The van der Waals surface area contributed by atoms with Gasteiger partial charge in [-0.3, -0.25) is 0 Å². The monoisotopic (exact) mass is 335 g/mol. The Morgan fingerprint density at radius 2 is 1.64 bits per heavy atom. The van der Waals surface area contributed by atoms with Crippen molar-refractivity contribution in [3.05, 3.63) is 84.4 Å². The van der Waals surface area contributed by atoms with Crippen molar-refractivity contribution >= 4 is 0 Å². The molecule has 4 atom stereocenters. The van der Waals surface area contributed by atoms with E-state index >= 15 is 0 Å². The first-order chi connectivity index (χ1) is 12.0. The molecule has 3 rings (SSSR count). The van der Waals surface area contributed by atoms with Gasteiger partial charge in [-0.25, -0.2) is 0 Å². The first-order valence-corrected chi connectivity index (χ1v) is 9.24. The van der Waals surface area contributed by atoms with Crippen molar-refractivity contribution in [1.29, 1.82) is 0 Å². The first-order valence-electron chi connectivity index (χ1n) is 9.24. The molecule has 0 spiro atoms. The van der Waals surface area contributed by atoms with E-state index in [4.69, 9.17) is 0 Å². The molecule has 0 aliphatic carbocycles. The third kappa shape index (κ3) is 3.70. The van der Waals surface area contributed by atoms with Gasteiger partial charge in [0.1, 0.15) is 0 Å². The molecule has 0 amide bonds. The van der Waals surface area contributed by atoms with Gasteiger partial charge in [-0.15, -0.1) is 6.58 Å². The molecular formula is C23H29NO. The molecule has 132 valence electrons. The number of nitrogens with one attached hydrogen (secondary N) is 1. The molecule has 1 aliphatic heterocycles. The minimum atomic E-state index is -0.762. The van der Waals surface area contributed by atoms with Gasteiger partial charge in [-0.2, -0.15) is 0 Å². The summed E-state index contributed by atoms with van der Waals surface area (Å²) in [4.78, 5) is 0. The van der Waals surface area contributed by atoms with E-state index in [1.54, 1.807) is 0 Å². The highest BCUT2D eigenvalue weighted by molar-refractivity contribution is 5.27. The molecule has 2 heteroatoms. The Morgan fingerprint density at radius 1 is 1.08 bits per heavy atom. The molecule has 1 fully saturated rings. The fourth-order valence-corrected chi connectivity index (χ4v) is 4.52. The number of rotatable bonds is 5. The maximum Gasteiger partial charge on any atom is 0.0748 e. The molecule has 1 aliphatic rings. The molecule has 2 nitrogen and oxygen atoms in total. The van der Waals surface area contributed by atoms with Crippen molar-refractivity contribution in [2.24, 2.45) is 11.8 Å². The molecule has 1 saturated heterocycles. The Hall–Kier alpha value is -1.90. The molecule has 2 N–H and O–H groups in total. The highest BCUT2D eigenvalue weighted by atomic mass is 16.3. The SMILES string of the molecule is C=CCC1(O)CC(c2ccccc2)NC(c2ccccc2)C1C(C)C. The molecule has 2 aromatic carbocycles. The van der Waals surface area contributed by atoms with E-state index in [1.165, 1.54) is 11.1 Å². The summed E-state index contributed by atoms with van der Waals surface area (Å²) in [5.74, 6) is 0.493. The highest BCUT2D eigenvalue weighted by Crippen LogP contribution is 2.48. The summed E-state index contributed by atoms with van der Waals surface area (Å²) in [6.07, 6.45) is 3.18. The molecule has 25 heavy (non-hydrogen) atoms. The Bertz CT molecular complexity index is 682. The summed E-state index contributed by atoms with van der Waals surface area (Å²) < 4.78 is 0. The standard InChI is InChI=1S/C23H29NO/c1-4-15-23(25)16-20(18-11-7-5-8-12-18)24-22(21(23)17(2)3)19-13-9-6-10-14-19/h4-14,17,20-22,24-25H,1,15-16H2,2-3H3. The Balaban J connectivity index is 2.04. The largest absolute Gasteiger partial charge is 0.389 e. The Morgan fingerprint density at radius 3 is 2.16 bits per heavy atom. The van der Waals surface area contributed by atoms with Gasteiger partial charge in [0.05, 0.1) is 5.60 Å². The van der Waals surface area contributed by atoms with E-state index in [9.17, 15) is 5.11 Å². The summed E-state index contributed by atoms with van der Waals surface area (Å²) in [7, 11) is 0. The van der Waals surface area contributed by atoms with Gasteiger partial charge in [0, 0.05) is 18.0 Å². The topological polar surface area (TPSA) is 32.3 Å². The zero-order chi connectivity index (χ0) is 17.9. The predicted octanol–water partition coefficient (Wildman–Crippen LogP) is 5.04. The number of hydrogen-bond acceptors (Lipinski definition) is 2. The van der Waals surface area contributed by atoms with Gasteiger partial charge in [0.25, 0.3) is 0 Å². The maximum absolute atomic E-state index is 11.7. The molecule has 0 radical (unpaired) electrons. The van der Waals surface area contributed by atoms with Crippen LogP contribution in [0.3, 0.4) is 0 Å². The summed E-state index contributed by atoms with van der Waals surface area (Å²) in [6.45, 7) is 8.32. The van der Waals surface area contributed by atoms with E-state index in [1.807, 2.05) is 18.2 Å². The first kappa shape index (κ1) is 17.9. The van der Waals surface area contributed by atoms with Crippen LogP contribution in [0.5, 0.6) is 0 Å². The van der Waals surface area contributed by atoms with Crippen molar-refractivity contribution in [2.75, 3.05) is 0 Å². The van der Waals surface area contributed by atoms with Crippen LogP contribution in [-0.4, -0.2) is 10.7 Å². The van der Waals surface area contributed by atoms with Crippen LogP contribution in [0.1, 0.15) is 49.9 Å². The van der Waals surface area contributed by atoms with Crippen LogP contribution in [0.15, 0.2) is 73.3 Å². The number of aliphatic hydroxyl groups is 1. The van der Waals surface area contributed by atoms with Crippen molar-refractivity contribution in [1.82, 2.24) is 5.32 Å². The molecule has 1 heterocycles. The zero-order valence-corrected chi connectivity index (χ0v) is 15.2. The van der Waals surface area contributed by atoms with E-state index in [-0.39, 0.29) is 18.0 Å². The van der Waals surface area contributed by atoms with Crippen molar-refractivity contribution in [2.45, 2.75) is 44.4 Å². The lowest BCUT2D eigenvalue weighted by Crippen LogP contribution is -2.54. The Kier molecular flexibility index (Phi) is 5.41. The normalized spacial score (nSPS) is 29.5. The molecule has 0 saturated carbocycles. The smallest absolute Gasteiger partial charge is 0.0748 e. The molecule has 4 unspecified atom stereocenters. The van der Waals surface area contributed by atoms with Crippen LogP contribution in [0, 0.1) is 11.8 Å². The van der Waals surface area contributed by atoms with Crippen molar-refractivity contribution < 1.29 is 5.11 Å². The average molecular weight is 335 g/mol. The quantitative estimate of drug-likeness (QED) is 0.750. The number of hydrogen-bond donors (Lipinski definition) is 2. The van der Waals surface area contributed by atoms with Crippen LogP contribution < -0.4 is 5.32 Å². The van der Waals surface area contributed by atoms with Gasteiger partial charge in [-0.05, 0) is 29.9 Å². The average Bonchev–Trinajstić information content (AvgIpc) is 2.62. The molecule has 0 aromatic heterocycles. The van der Waals surface area contributed by atoms with Gasteiger partial charge in [0.15, 0.2) is 0 Å². The second-order valence-electron chi connectivity index (χ2n) is 7.59. The van der Waals surface area contributed by atoms with E-state index in [0.717, 1.165) is 0 Å². The lowest BCUT2D eigenvalue weighted by molar-refractivity contribution is -0.0902. The molecular weight excluding hydrogens is 306 g/mol. The number of piperidine rings is 1. The predicted molar refractivity (Wildman–Crippen MR) is 104 cm³/mol. The lowest BCUT2D eigenvalue weighted by Gasteiger charge is -2.50. The van der Waals surface area contributed by atoms with Crippen LogP contribution in [0.4, 0.5) is 0 Å². The van der Waals surface area contributed by atoms with Crippen LogP contribution in [0.2, 0.25) is 0 Å². The van der Waals surface area contributed by atoms with Crippen LogP contribution in [-0.2, 0) is 0 Å². The van der Waals surface area contributed by atoms with Crippen LogP contribution in [0.25, 0.3) is 0 Å². The van der Waals surface area contributed by atoms with Gasteiger partial charge < -0.3 is 10.4 Å². The van der Waals surface area contributed by atoms with Crippen molar-refractivity contribution in [3.63, 3.8) is 0 Å². The fraction of sp³-hybridized carbons (Fsp3) is 0.391. The highest BCUT2D eigenvalue weighted by Gasteiger charge is 2.48. The van der Waals surface area contributed by atoms with E-state index in [0.29, 0.717) is 18.8 Å². The zero-order valence-electron chi connectivity index (χ0n) is 15.2. The van der Waals surface area contributed by atoms with Gasteiger partial charge in [-0.1, -0.05) is 80.6 Å². The van der Waals surface area contributed by atoms with Crippen molar-refractivity contribution in [3.8, 4) is 0 Å². The fourth-order valence-electron chi connectivity index (χ4n) is 4.52. The van der Waals surface area contributed by atoms with Gasteiger partial charge >= 0.3 is 0 Å². The molecule has 0 bridgehead atoms. The third-order valence-corrected chi connectivity index (χ3v) is 5.49. The third-order valence-electron chi connectivity index (χ3n) is 5.49. The Labute approximate surface area is 151 Å². The second-order valence-corrected chi connectivity index (χ2v) is 7.59. The minimum absolute atomic E-state index is 0.116. The summed E-state index contributed by atoms with van der Waals surface area (Å²) >= 11 is 0. The van der Waals surface area contributed by atoms with E-state index in [2.05, 4.69) is 74.3 Å².